The Labute approximate surface area is 268 Å². The predicted octanol–water partition coefficient (Wildman–Crippen LogP) is 13.0. The Hall–Kier alpha value is -5.98. The molecule has 46 heavy (non-hydrogen) atoms. The first-order valence-electron chi connectivity index (χ1n) is 15.9. The molecule has 214 valence electrons. The fourth-order valence-electron chi connectivity index (χ4n) is 7.36. The van der Waals surface area contributed by atoms with Crippen LogP contribution in [0, 0.1) is 0 Å². The van der Waals surface area contributed by atoms with Crippen molar-refractivity contribution in [2.45, 2.75) is 0 Å². The minimum atomic E-state index is 1.22. The van der Waals surface area contributed by atoms with Crippen LogP contribution < -0.4 is 0 Å². The standard InChI is InChI=1S/C46H30/c1-2-14-32(15-3-1)45-41-21-6-8-23-43(41)46(44-24-9-7-22-42(44)45)40-26-12-19-36-30-34(27-28-39(36)40)33-17-10-18-35(29-33)38-25-11-16-31-13-4-5-20-37(31)38/h1-30H. The summed E-state index contributed by atoms with van der Waals surface area (Å²) in [5.41, 5.74) is 10.0. The van der Waals surface area contributed by atoms with Crippen LogP contribution >= 0.6 is 0 Å². The number of benzene rings is 9. The molecule has 0 aliphatic rings. The van der Waals surface area contributed by atoms with Gasteiger partial charge in [0.1, 0.15) is 0 Å². The van der Waals surface area contributed by atoms with Gasteiger partial charge in [-0.25, -0.2) is 0 Å². The average Bonchev–Trinajstić information content (AvgIpc) is 3.13. The normalized spacial score (nSPS) is 11.5. The molecule has 0 N–H and O–H groups in total. The quantitative estimate of drug-likeness (QED) is 0.181. The topological polar surface area (TPSA) is 0 Å². The molecule has 0 radical (unpaired) electrons. The van der Waals surface area contributed by atoms with E-state index in [-0.39, 0.29) is 0 Å². The van der Waals surface area contributed by atoms with Crippen LogP contribution in [0.2, 0.25) is 0 Å². The third kappa shape index (κ3) is 4.30. The lowest BCUT2D eigenvalue weighted by atomic mass is 9.84. The molecule has 0 fully saturated rings. The third-order valence-electron chi connectivity index (χ3n) is 9.44. The van der Waals surface area contributed by atoms with Gasteiger partial charge in [-0.15, -0.1) is 0 Å². The van der Waals surface area contributed by atoms with Gasteiger partial charge in [-0.1, -0.05) is 170 Å². The van der Waals surface area contributed by atoms with Gasteiger partial charge in [0.2, 0.25) is 0 Å². The second-order valence-corrected chi connectivity index (χ2v) is 12.1. The van der Waals surface area contributed by atoms with Gasteiger partial charge in [-0.05, 0) is 99.7 Å². The van der Waals surface area contributed by atoms with E-state index in [0.29, 0.717) is 0 Å². The zero-order valence-electron chi connectivity index (χ0n) is 25.3. The minimum absolute atomic E-state index is 1.22. The molecule has 9 rings (SSSR count). The average molecular weight is 583 g/mol. The van der Waals surface area contributed by atoms with E-state index in [1.165, 1.54) is 87.6 Å². The van der Waals surface area contributed by atoms with Gasteiger partial charge in [-0.2, -0.15) is 0 Å². The lowest BCUT2D eigenvalue weighted by Gasteiger charge is -2.19. The summed E-state index contributed by atoms with van der Waals surface area (Å²) in [7, 11) is 0. The van der Waals surface area contributed by atoms with Crippen molar-refractivity contribution in [1.82, 2.24) is 0 Å². The first kappa shape index (κ1) is 26.4. The Kier molecular flexibility index (Phi) is 6.25. The fraction of sp³-hybridized carbons (Fsp3) is 0. The molecule has 0 aromatic heterocycles. The lowest BCUT2D eigenvalue weighted by Crippen LogP contribution is -1.91. The van der Waals surface area contributed by atoms with Crippen molar-refractivity contribution in [2.75, 3.05) is 0 Å². The molecule has 0 saturated heterocycles. The molecule has 0 saturated carbocycles. The first-order valence-corrected chi connectivity index (χ1v) is 15.9. The number of hydrogen-bond donors (Lipinski definition) is 0. The summed E-state index contributed by atoms with van der Waals surface area (Å²) < 4.78 is 0. The Morgan fingerprint density at radius 2 is 0.696 bits per heavy atom. The molecule has 0 atom stereocenters. The highest BCUT2D eigenvalue weighted by molar-refractivity contribution is 6.23. The Balaban J connectivity index is 1.23. The van der Waals surface area contributed by atoms with Crippen molar-refractivity contribution in [3.05, 3.63) is 182 Å². The summed E-state index contributed by atoms with van der Waals surface area (Å²) in [6, 6.07) is 66.5. The smallest absolute Gasteiger partial charge is 0.00201 e. The highest BCUT2D eigenvalue weighted by Crippen LogP contribution is 2.45. The summed E-state index contributed by atoms with van der Waals surface area (Å²) in [4.78, 5) is 0. The highest BCUT2D eigenvalue weighted by atomic mass is 14.2. The molecule has 0 nitrogen and oxygen atoms in total. The van der Waals surface area contributed by atoms with Crippen LogP contribution in [-0.2, 0) is 0 Å². The van der Waals surface area contributed by atoms with Gasteiger partial charge in [0.15, 0.2) is 0 Å². The summed E-state index contributed by atoms with van der Waals surface area (Å²) in [5, 5.41) is 10.2. The van der Waals surface area contributed by atoms with Crippen LogP contribution in [0.3, 0.4) is 0 Å². The van der Waals surface area contributed by atoms with E-state index in [2.05, 4.69) is 182 Å². The molecule has 0 amide bonds. The largest absolute Gasteiger partial charge is 0.0622 e. The third-order valence-corrected chi connectivity index (χ3v) is 9.44. The van der Waals surface area contributed by atoms with Gasteiger partial charge < -0.3 is 0 Å². The molecule has 9 aromatic carbocycles. The molecule has 0 unspecified atom stereocenters. The van der Waals surface area contributed by atoms with Crippen molar-refractivity contribution < 1.29 is 0 Å². The molecular formula is C46H30. The van der Waals surface area contributed by atoms with Gasteiger partial charge in [0.05, 0.1) is 0 Å². The van der Waals surface area contributed by atoms with E-state index in [4.69, 9.17) is 0 Å². The summed E-state index contributed by atoms with van der Waals surface area (Å²) in [5.74, 6) is 0. The van der Waals surface area contributed by atoms with Gasteiger partial charge in [-0.3, -0.25) is 0 Å². The molecule has 0 heteroatoms. The van der Waals surface area contributed by atoms with Crippen molar-refractivity contribution in [3.8, 4) is 44.5 Å². The molecule has 0 aliphatic heterocycles. The van der Waals surface area contributed by atoms with E-state index < -0.39 is 0 Å². The molecule has 9 aromatic rings. The van der Waals surface area contributed by atoms with E-state index in [0.717, 1.165) is 0 Å². The zero-order valence-corrected chi connectivity index (χ0v) is 25.3. The Morgan fingerprint density at radius 3 is 1.43 bits per heavy atom. The van der Waals surface area contributed by atoms with Gasteiger partial charge in [0, 0.05) is 0 Å². The zero-order chi connectivity index (χ0) is 30.5. The van der Waals surface area contributed by atoms with Crippen LogP contribution in [0.1, 0.15) is 0 Å². The second-order valence-electron chi connectivity index (χ2n) is 12.1. The summed E-state index contributed by atoms with van der Waals surface area (Å²) in [6.07, 6.45) is 0. The van der Waals surface area contributed by atoms with Crippen molar-refractivity contribution in [1.29, 1.82) is 0 Å². The van der Waals surface area contributed by atoms with E-state index in [9.17, 15) is 0 Å². The maximum Gasteiger partial charge on any atom is -0.00201 e. The second kappa shape index (κ2) is 10.9. The number of fused-ring (bicyclic) bond motifs is 4. The Morgan fingerprint density at radius 1 is 0.217 bits per heavy atom. The van der Waals surface area contributed by atoms with E-state index in [1.807, 2.05) is 0 Å². The van der Waals surface area contributed by atoms with E-state index >= 15 is 0 Å². The maximum absolute atomic E-state index is 2.35. The number of hydrogen-bond acceptors (Lipinski definition) is 0. The fourth-order valence-corrected chi connectivity index (χ4v) is 7.36. The predicted molar refractivity (Wildman–Crippen MR) is 198 cm³/mol. The van der Waals surface area contributed by atoms with Gasteiger partial charge >= 0.3 is 0 Å². The summed E-state index contributed by atoms with van der Waals surface area (Å²) in [6.45, 7) is 0. The molecule has 0 bridgehead atoms. The number of rotatable bonds is 4. The Bertz CT molecular complexity index is 2510. The molecular weight excluding hydrogens is 553 g/mol. The minimum Gasteiger partial charge on any atom is -0.0622 e. The summed E-state index contributed by atoms with van der Waals surface area (Å²) >= 11 is 0. The van der Waals surface area contributed by atoms with Crippen LogP contribution in [0.4, 0.5) is 0 Å². The molecule has 0 spiro atoms. The highest BCUT2D eigenvalue weighted by Gasteiger charge is 2.18. The van der Waals surface area contributed by atoms with Crippen molar-refractivity contribution >= 4 is 43.1 Å². The molecule has 0 aliphatic carbocycles. The van der Waals surface area contributed by atoms with Crippen LogP contribution in [-0.4, -0.2) is 0 Å². The van der Waals surface area contributed by atoms with Gasteiger partial charge in [0.25, 0.3) is 0 Å². The van der Waals surface area contributed by atoms with Crippen LogP contribution in [0.25, 0.3) is 87.6 Å². The first-order chi connectivity index (χ1) is 22.8. The van der Waals surface area contributed by atoms with Crippen LogP contribution in [0.5, 0.6) is 0 Å². The maximum atomic E-state index is 2.35. The monoisotopic (exact) mass is 582 g/mol. The van der Waals surface area contributed by atoms with Crippen molar-refractivity contribution in [3.63, 3.8) is 0 Å². The van der Waals surface area contributed by atoms with E-state index in [1.54, 1.807) is 0 Å². The van der Waals surface area contributed by atoms with Crippen molar-refractivity contribution in [2.24, 2.45) is 0 Å². The lowest BCUT2D eigenvalue weighted by molar-refractivity contribution is 1.62. The molecule has 0 heterocycles. The SMILES string of the molecule is c1ccc(-c2c3ccccc3c(-c3cccc4cc(-c5cccc(-c6cccc7ccccc67)c5)ccc34)c3ccccc23)cc1. The van der Waals surface area contributed by atoms with Crippen LogP contribution in [0.15, 0.2) is 182 Å².